The van der Waals surface area contributed by atoms with Gasteiger partial charge in [-0.25, -0.2) is 0 Å². The van der Waals surface area contributed by atoms with E-state index >= 15 is 0 Å². The highest BCUT2D eigenvalue weighted by atomic mass is 16.5. The third kappa shape index (κ3) is 4.73. The summed E-state index contributed by atoms with van der Waals surface area (Å²) < 4.78 is 10.7. The Morgan fingerprint density at radius 2 is 1.68 bits per heavy atom. The van der Waals surface area contributed by atoms with Crippen molar-refractivity contribution in [1.29, 1.82) is 0 Å². The number of hydrazine groups is 1. The Balaban J connectivity index is 1.90. The van der Waals surface area contributed by atoms with Crippen molar-refractivity contribution in [3.8, 4) is 11.5 Å². The van der Waals surface area contributed by atoms with Gasteiger partial charge in [0.1, 0.15) is 11.5 Å². The summed E-state index contributed by atoms with van der Waals surface area (Å²) in [5, 5.41) is 0. The van der Waals surface area contributed by atoms with E-state index in [2.05, 4.69) is 10.9 Å². The number of ether oxygens (including phenoxy) is 2. The average Bonchev–Trinajstić information content (AvgIpc) is 2.63. The smallest absolute Gasteiger partial charge is 0.279 e. The van der Waals surface area contributed by atoms with Crippen molar-refractivity contribution in [3.05, 3.63) is 59.2 Å². The van der Waals surface area contributed by atoms with E-state index in [-0.39, 0.29) is 0 Å². The molecule has 25 heavy (non-hydrogen) atoms. The van der Waals surface area contributed by atoms with E-state index in [1.165, 1.54) is 0 Å². The summed E-state index contributed by atoms with van der Waals surface area (Å²) in [6.45, 7) is 5.53. The van der Waals surface area contributed by atoms with E-state index in [1.54, 1.807) is 38.3 Å². The number of carbonyl (C=O) groups excluding carboxylic acids is 2. The minimum absolute atomic E-state index is 0.407. The van der Waals surface area contributed by atoms with E-state index in [0.29, 0.717) is 17.1 Å². The van der Waals surface area contributed by atoms with Crippen molar-refractivity contribution in [3.63, 3.8) is 0 Å². The lowest BCUT2D eigenvalue weighted by Gasteiger charge is -2.17. The molecule has 0 saturated carbocycles. The zero-order valence-corrected chi connectivity index (χ0v) is 14.8. The van der Waals surface area contributed by atoms with Gasteiger partial charge in [-0.2, -0.15) is 0 Å². The van der Waals surface area contributed by atoms with Gasteiger partial charge in [-0.05, 0) is 62.2 Å². The molecule has 0 heterocycles. The number of methoxy groups -OCH3 is 1. The standard InChI is InChI=1S/C19H22N2O4/c1-12-6-5-7-17(13(12)2)25-14(3)18(22)20-21-19(23)15-8-10-16(24-4)11-9-15/h5-11,14H,1-4H3,(H,20,22)(H,21,23)/t14-/m1/s1. The molecule has 0 fully saturated rings. The molecule has 0 saturated heterocycles. The highest BCUT2D eigenvalue weighted by Crippen LogP contribution is 2.21. The van der Waals surface area contributed by atoms with E-state index in [4.69, 9.17) is 9.47 Å². The Hall–Kier alpha value is -3.02. The number of aryl methyl sites for hydroxylation is 1. The van der Waals surface area contributed by atoms with E-state index in [1.807, 2.05) is 32.0 Å². The van der Waals surface area contributed by atoms with Crippen LogP contribution in [0.2, 0.25) is 0 Å². The fraction of sp³-hybridized carbons (Fsp3) is 0.263. The lowest BCUT2D eigenvalue weighted by atomic mass is 10.1. The topological polar surface area (TPSA) is 76.7 Å². The Bertz CT molecular complexity index is 757. The Kier molecular flexibility index (Phi) is 6.00. The lowest BCUT2D eigenvalue weighted by molar-refractivity contribution is -0.128. The van der Waals surface area contributed by atoms with Crippen LogP contribution in [0.25, 0.3) is 0 Å². The van der Waals surface area contributed by atoms with Crippen molar-refractivity contribution >= 4 is 11.8 Å². The van der Waals surface area contributed by atoms with E-state index in [0.717, 1.165) is 11.1 Å². The SMILES string of the molecule is COc1ccc(C(=O)NNC(=O)[C@@H](C)Oc2cccc(C)c2C)cc1. The maximum Gasteiger partial charge on any atom is 0.279 e. The summed E-state index contributed by atoms with van der Waals surface area (Å²) in [7, 11) is 1.55. The zero-order valence-electron chi connectivity index (χ0n) is 14.8. The van der Waals surface area contributed by atoms with Gasteiger partial charge in [-0.1, -0.05) is 12.1 Å². The first-order chi connectivity index (χ1) is 11.9. The number of hydrogen-bond donors (Lipinski definition) is 2. The number of carbonyl (C=O) groups is 2. The summed E-state index contributed by atoms with van der Waals surface area (Å²) in [6.07, 6.45) is -0.753. The van der Waals surface area contributed by atoms with Gasteiger partial charge in [-0.3, -0.25) is 20.4 Å². The maximum absolute atomic E-state index is 12.1. The number of hydrogen-bond acceptors (Lipinski definition) is 4. The largest absolute Gasteiger partial charge is 0.497 e. The van der Waals surface area contributed by atoms with Gasteiger partial charge in [-0.15, -0.1) is 0 Å². The second kappa shape index (κ2) is 8.19. The molecule has 0 aliphatic carbocycles. The predicted molar refractivity (Wildman–Crippen MR) is 94.6 cm³/mol. The summed E-state index contributed by atoms with van der Waals surface area (Å²) in [5.74, 6) is 0.429. The molecule has 0 spiro atoms. The monoisotopic (exact) mass is 342 g/mol. The van der Waals surface area contributed by atoms with Gasteiger partial charge in [0.15, 0.2) is 6.10 Å². The van der Waals surface area contributed by atoms with Crippen LogP contribution < -0.4 is 20.3 Å². The number of benzene rings is 2. The molecule has 2 aromatic carbocycles. The third-order valence-electron chi connectivity index (χ3n) is 3.88. The van der Waals surface area contributed by atoms with Crippen molar-refractivity contribution < 1.29 is 19.1 Å². The van der Waals surface area contributed by atoms with Gasteiger partial charge in [0.2, 0.25) is 0 Å². The van der Waals surface area contributed by atoms with Gasteiger partial charge >= 0.3 is 0 Å². The van der Waals surface area contributed by atoms with Crippen LogP contribution in [-0.2, 0) is 4.79 Å². The molecule has 2 aromatic rings. The van der Waals surface area contributed by atoms with E-state index < -0.39 is 17.9 Å². The first-order valence-electron chi connectivity index (χ1n) is 7.89. The highest BCUT2D eigenvalue weighted by molar-refractivity contribution is 5.95. The molecule has 0 unspecified atom stereocenters. The molecule has 2 amide bonds. The quantitative estimate of drug-likeness (QED) is 0.819. The number of rotatable bonds is 5. The molecule has 6 heteroatoms. The van der Waals surface area contributed by atoms with Crippen LogP contribution in [0.5, 0.6) is 11.5 Å². The normalized spacial score (nSPS) is 11.4. The minimum Gasteiger partial charge on any atom is -0.497 e. The molecular weight excluding hydrogens is 320 g/mol. The molecule has 0 aliphatic rings. The Morgan fingerprint density at radius 1 is 1.00 bits per heavy atom. The van der Waals surface area contributed by atoms with Crippen LogP contribution in [0.3, 0.4) is 0 Å². The second-order valence-corrected chi connectivity index (χ2v) is 5.63. The summed E-state index contributed by atoms with van der Waals surface area (Å²) in [6, 6.07) is 12.2. The molecule has 132 valence electrons. The van der Waals surface area contributed by atoms with Crippen LogP contribution in [0, 0.1) is 13.8 Å². The third-order valence-corrected chi connectivity index (χ3v) is 3.88. The van der Waals surface area contributed by atoms with Gasteiger partial charge in [0.25, 0.3) is 11.8 Å². The average molecular weight is 342 g/mol. The van der Waals surface area contributed by atoms with Crippen LogP contribution in [0.1, 0.15) is 28.4 Å². The molecule has 0 radical (unpaired) electrons. The van der Waals surface area contributed by atoms with Crippen LogP contribution >= 0.6 is 0 Å². The fourth-order valence-corrected chi connectivity index (χ4v) is 2.13. The molecule has 1 atom stereocenters. The first kappa shape index (κ1) is 18.3. The Labute approximate surface area is 147 Å². The highest BCUT2D eigenvalue weighted by Gasteiger charge is 2.17. The molecule has 0 bridgehead atoms. The van der Waals surface area contributed by atoms with Crippen LogP contribution in [0.15, 0.2) is 42.5 Å². The van der Waals surface area contributed by atoms with Crippen LogP contribution in [0.4, 0.5) is 0 Å². The molecule has 0 aliphatic heterocycles. The molecule has 6 nitrogen and oxygen atoms in total. The fourth-order valence-electron chi connectivity index (χ4n) is 2.13. The summed E-state index contributed by atoms with van der Waals surface area (Å²) >= 11 is 0. The van der Waals surface area contributed by atoms with E-state index in [9.17, 15) is 9.59 Å². The van der Waals surface area contributed by atoms with Crippen molar-refractivity contribution in [2.45, 2.75) is 26.9 Å². The maximum atomic E-state index is 12.1. The van der Waals surface area contributed by atoms with Gasteiger partial charge in [0.05, 0.1) is 7.11 Å². The number of nitrogens with one attached hydrogen (secondary N) is 2. The number of amides is 2. The molecule has 2 rings (SSSR count). The van der Waals surface area contributed by atoms with Crippen molar-refractivity contribution in [2.24, 2.45) is 0 Å². The van der Waals surface area contributed by atoms with Crippen LogP contribution in [-0.4, -0.2) is 25.0 Å². The summed E-state index contributed by atoms with van der Waals surface area (Å²) in [5.41, 5.74) is 7.20. The minimum atomic E-state index is -0.753. The van der Waals surface area contributed by atoms with Crippen molar-refractivity contribution in [2.75, 3.05) is 7.11 Å². The lowest BCUT2D eigenvalue weighted by Crippen LogP contribution is -2.47. The Morgan fingerprint density at radius 3 is 2.32 bits per heavy atom. The summed E-state index contributed by atoms with van der Waals surface area (Å²) in [4.78, 5) is 24.1. The molecule has 0 aromatic heterocycles. The second-order valence-electron chi connectivity index (χ2n) is 5.63. The first-order valence-corrected chi connectivity index (χ1v) is 7.89. The molecular formula is C19H22N2O4. The van der Waals surface area contributed by atoms with Crippen molar-refractivity contribution in [1.82, 2.24) is 10.9 Å². The molecule has 2 N–H and O–H groups in total. The predicted octanol–water partition coefficient (Wildman–Crippen LogP) is 2.54. The van der Waals surface area contributed by atoms with Gasteiger partial charge in [0, 0.05) is 5.56 Å². The zero-order chi connectivity index (χ0) is 18.4. The van der Waals surface area contributed by atoms with Gasteiger partial charge < -0.3 is 9.47 Å².